The summed E-state index contributed by atoms with van der Waals surface area (Å²) in [6.07, 6.45) is 5.52. The van der Waals surface area contributed by atoms with Crippen molar-refractivity contribution in [2.45, 2.75) is 52.6 Å². The Morgan fingerprint density at radius 1 is 1.30 bits per heavy atom. The molecule has 0 bridgehead atoms. The molecule has 1 amide bonds. The summed E-state index contributed by atoms with van der Waals surface area (Å²) in [5.41, 5.74) is 1.33. The zero-order valence-corrected chi connectivity index (χ0v) is 16.4. The van der Waals surface area contributed by atoms with Crippen molar-refractivity contribution < 1.29 is 18.7 Å². The number of hydrogen-bond donors (Lipinski definition) is 1. The number of alkyl halides is 1. The molecular formula is C20H28FN3O3. The summed E-state index contributed by atoms with van der Waals surface area (Å²) in [7, 11) is 1.30. The van der Waals surface area contributed by atoms with Gasteiger partial charge in [0.1, 0.15) is 11.6 Å². The predicted octanol–water partition coefficient (Wildman–Crippen LogP) is 3.49. The minimum Gasteiger partial charge on any atom is -0.467 e. The van der Waals surface area contributed by atoms with Gasteiger partial charge in [0.05, 0.1) is 24.9 Å². The molecule has 2 aromatic heterocycles. The van der Waals surface area contributed by atoms with Gasteiger partial charge in [-0.25, -0.2) is 4.79 Å². The number of hydrogen-bond acceptors (Lipinski definition) is 4. The van der Waals surface area contributed by atoms with E-state index in [1.807, 2.05) is 37.5 Å². The van der Waals surface area contributed by atoms with Gasteiger partial charge in [-0.1, -0.05) is 20.8 Å². The van der Waals surface area contributed by atoms with Crippen molar-refractivity contribution in [3.05, 3.63) is 30.1 Å². The number of unbranched alkanes of at least 4 members (excludes halogenated alkanes) is 2. The van der Waals surface area contributed by atoms with Crippen LogP contribution in [-0.2, 0) is 16.1 Å². The number of nitrogens with one attached hydrogen (secondary N) is 1. The molecule has 2 aromatic rings. The molecule has 0 radical (unpaired) electrons. The molecule has 0 saturated heterocycles. The number of esters is 1. The highest BCUT2D eigenvalue weighted by molar-refractivity contribution is 6.06. The first kappa shape index (κ1) is 20.9. The summed E-state index contributed by atoms with van der Waals surface area (Å²) in [4.78, 5) is 29.4. The van der Waals surface area contributed by atoms with Crippen LogP contribution in [0.4, 0.5) is 4.39 Å². The maximum absolute atomic E-state index is 12.9. The van der Waals surface area contributed by atoms with Gasteiger partial charge in [-0.2, -0.15) is 0 Å². The second kappa shape index (κ2) is 8.97. The number of carbonyl (C=O) groups excluding carboxylic acids is 2. The first-order chi connectivity index (χ1) is 12.8. The Kier molecular flexibility index (Phi) is 6.93. The van der Waals surface area contributed by atoms with Crippen molar-refractivity contribution >= 4 is 22.9 Å². The van der Waals surface area contributed by atoms with Gasteiger partial charge in [0.25, 0.3) is 5.91 Å². The largest absolute Gasteiger partial charge is 0.467 e. The quantitative estimate of drug-likeness (QED) is 0.564. The van der Waals surface area contributed by atoms with Crippen LogP contribution in [0, 0.1) is 5.41 Å². The smallest absolute Gasteiger partial charge is 0.328 e. The SMILES string of the molecule is COC(=O)[C@@H](NC(=O)c1cn(CCCCCF)c2cccnc12)C(C)(C)C. The van der Waals surface area contributed by atoms with Gasteiger partial charge < -0.3 is 14.6 Å². The molecule has 148 valence electrons. The fourth-order valence-corrected chi connectivity index (χ4v) is 2.98. The predicted molar refractivity (Wildman–Crippen MR) is 102 cm³/mol. The number of pyridine rings is 1. The number of rotatable bonds is 8. The Labute approximate surface area is 159 Å². The van der Waals surface area contributed by atoms with E-state index < -0.39 is 17.4 Å². The van der Waals surface area contributed by atoms with Gasteiger partial charge in [0.2, 0.25) is 0 Å². The first-order valence-corrected chi connectivity index (χ1v) is 9.18. The van der Waals surface area contributed by atoms with Crippen molar-refractivity contribution in [1.29, 1.82) is 0 Å². The Bertz CT molecular complexity index is 795. The van der Waals surface area contributed by atoms with Crippen molar-refractivity contribution in [2.75, 3.05) is 13.8 Å². The second-order valence-corrected chi connectivity index (χ2v) is 7.65. The molecule has 2 heterocycles. The Morgan fingerprint density at radius 3 is 2.67 bits per heavy atom. The molecule has 0 aliphatic carbocycles. The molecule has 0 saturated carbocycles. The van der Waals surface area contributed by atoms with Gasteiger partial charge in [-0.3, -0.25) is 14.2 Å². The molecule has 1 atom stereocenters. The summed E-state index contributed by atoms with van der Waals surface area (Å²) in [6.45, 7) is 5.95. The van der Waals surface area contributed by atoms with Crippen LogP contribution in [0.5, 0.6) is 0 Å². The number of methoxy groups -OCH3 is 1. The Hall–Kier alpha value is -2.44. The summed E-state index contributed by atoms with van der Waals surface area (Å²) < 4.78 is 19.1. The molecule has 0 aromatic carbocycles. The lowest BCUT2D eigenvalue weighted by atomic mass is 9.86. The van der Waals surface area contributed by atoms with E-state index in [1.54, 1.807) is 12.4 Å². The molecular weight excluding hydrogens is 349 g/mol. The lowest BCUT2D eigenvalue weighted by Gasteiger charge is -2.28. The molecule has 0 aliphatic heterocycles. The lowest BCUT2D eigenvalue weighted by Crippen LogP contribution is -2.49. The van der Waals surface area contributed by atoms with Gasteiger partial charge >= 0.3 is 5.97 Å². The number of halogens is 1. The third-order valence-corrected chi connectivity index (χ3v) is 4.49. The zero-order valence-electron chi connectivity index (χ0n) is 16.4. The minimum absolute atomic E-state index is 0.316. The molecule has 1 N–H and O–H groups in total. The topological polar surface area (TPSA) is 73.2 Å². The molecule has 7 heteroatoms. The summed E-state index contributed by atoms with van der Waals surface area (Å²) in [6, 6.07) is 2.94. The molecule has 2 rings (SSSR count). The fourth-order valence-electron chi connectivity index (χ4n) is 2.98. The third kappa shape index (κ3) is 5.05. The summed E-state index contributed by atoms with van der Waals surface area (Å²) >= 11 is 0. The van der Waals surface area contributed by atoms with Crippen LogP contribution >= 0.6 is 0 Å². The van der Waals surface area contributed by atoms with Gasteiger partial charge in [0.15, 0.2) is 0 Å². The Balaban J connectivity index is 2.28. The van der Waals surface area contributed by atoms with Crippen molar-refractivity contribution in [2.24, 2.45) is 5.41 Å². The average Bonchev–Trinajstić information content (AvgIpc) is 3.00. The van der Waals surface area contributed by atoms with Crippen molar-refractivity contribution in [3.63, 3.8) is 0 Å². The normalized spacial score (nSPS) is 12.8. The van der Waals surface area contributed by atoms with Crippen LogP contribution in [0.2, 0.25) is 0 Å². The number of amides is 1. The maximum atomic E-state index is 12.9. The number of nitrogens with zero attached hydrogens (tertiary/aromatic N) is 2. The molecule has 6 nitrogen and oxygen atoms in total. The molecule has 0 unspecified atom stereocenters. The van der Waals surface area contributed by atoms with E-state index in [9.17, 15) is 14.0 Å². The molecule has 27 heavy (non-hydrogen) atoms. The summed E-state index contributed by atoms with van der Waals surface area (Å²) in [5, 5.41) is 2.79. The maximum Gasteiger partial charge on any atom is 0.328 e. The van der Waals surface area contributed by atoms with E-state index in [-0.39, 0.29) is 12.6 Å². The van der Waals surface area contributed by atoms with E-state index in [2.05, 4.69) is 10.3 Å². The van der Waals surface area contributed by atoms with Crippen LogP contribution < -0.4 is 5.32 Å². The minimum atomic E-state index is -0.776. The summed E-state index contributed by atoms with van der Waals surface area (Å²) in [5.74, 6) is -0.856. The molecule has 0 spiro atoms. The highest BCUT2D eigenvalue weighted by Gasteiger charge is 2.34. The number of aryl methyl sites for hydroxylation is 1. The number of carbonyl (C=O) groups is 2. The fraction of sp³-hybridized carbons (Fsp3) is 0.550. The van der Waals surface area contributed by atoms with Gasteiger partial charge in [-0.15, -0.1) is 0 Å². The van der Waals surface area contributed by atoms with Crippen molar-refractivity contribution in [3.8, 4) is 0 Å². The first-order valence-electron chi connectivity index (χ1n) is 9.18. The van der Waals surface area contributed by atoms with E-state index in [4.69, 9.17) is 4.74 Å². The lowest BCUT2D eigenvalue weighted by molar-refractivity contribution is -0.145. The van der Waals surface area contributed by atoms with Crippen LogP contribution in [0.3, 0.4) is 0 Å². The second-order valence-electron chi connectivity index (χ2n) is 7.65. The highest BCUT2D eigenvalue weighted by atomic mass is 19.1. The van der Waals surface area contributed by atoms with Crippen LogP contribution in [-0.4, -0.2) is 41.3 Å². The Morgan fingerprint density at radius 2 is 2.04 bits per heavy atom. The highest BCUT2D eigenvalue weighted by Crippen LogP contribution is 2.23. The van der Waals surface area contributed by atoms with Gasteiger partial charge in [0, 0.05) is 18.9 Å². The van der Waals surface area contributed by atoms with Gasteiger partial charge in [-0.05, 0) is 36.8 Å². The number of aromatic nitrogens is 2. The third-order valence-electron chi connectivity index (χ3n) is 4.49. The number of ether oxygens (including phenoxy) is 1. The number of fused-ring (bicyclic) bond motifs is 1. The van der Waals surface area contributed by atoms with Crippen molar-refractivity contribution in [1.82, 2.24) is 14.9 Å². The van der Waals surface area contributed by atoms with Crippen LogP contribution in [0.25, 0.3) is 11.0 Å². The van der Waals surface area contributed by atoms with Crippen LogP contribution in [0.15, 0.2) is 24.5 Å². The van der Waals surface area contributed by atoms with E-state index in [0.717, 1.165) is 18.4 Å². The van der Waals surface area contributed by atoms with Crippen LogP contribution in [0.1, 0.15) is 50.4 Å². The zero-order chi connectivity index (χ0) is 20.0. The average molecular weight is 377 g/mol. The van der Waals surface area contributed by atoms with E-state index in [1.165, 1.54) is 7.11 Å². The monoisotopic (exact) mass is 377 g/mol. The molecule has 0 aliphatic rings. The standard InChI is InChI=1S/C20H28FN3O3/c1-20(2,3)17(19(26)27-4)23-18(25)14-13-24(12-7-5-6-10-21)15-9-8-11-22-16(14)15/h8-9,11,13,17H,5-7,10,12H2,1-4H3,(H,23,25)/t17-/m1/s1. The van der Waals surface area contributed by atoms with E-state index >= 15 is 0 Å². The van der Waals surface area contributed by atoms with E-state index in [0.29, 0.717) is 24.0 Å². The molecule has 0 fully saturated rings.